The van der Waals surface area contributed by atoms with E-state index in [4.69, 9.17) is 4.74 Å². The Bertz CT molecular complexity index is 942. The fourth-order valence-electron chi connectivity index (χ4n) is 6.04. The standard InChI is InChI=1S/C21H23N3O2/c1-14(25)26-21-10-5-4-9-20(21)19-17(8-11-24(20)13-15(21)12-22)16-6-2-3-7-18(16)23-19/h2-3,6-7,15,23H,4-5,8-11,13H2,1H3. The number of benzene rings is 1. The molecule has 3 atom stereocenters. The SMILES string of the molecule is CC(=O)OC12CCCCC13c1[nH]c4ccccc4c1CCN3CC2C#N. The van der Waals surface area contributed by atoms with E-state index in [1.165, 1.54) is 23.6 Å². The number of carbonyl (C=O) groups is 1. The molecule has 1 aliphatic carbocycles. The number of aromatic nitrogens is 1. The molecule has 3 aliphatic rings. The second-order valence-corrected chi connectivity index (χ2v) is 7.95. The average molecular weight is 349 g/mol. The summed E-state index contributed by atoms with van der Waals surface area (Å²) in [6, 6.07) is 10.9. The number of rotatable bonds is 1. The van der Waals surface area contributed by atoms with Crippen LogP contribution in [0.2, 0.25) is 0 Å². The fraction of sp³-hybridized carbons (Fsp3) is 0.524. The van der Waals surface area contributed by atoms with Crippen molar-refractivity contribution in [2.45, 2.75) is 50.2 Å². The first-order valence-electron chi connectivity index (χ1n) is 9.57. The van der Waals surface area contributed by atoms with Gasteiger partial charge in [0.2, 0.25) is 0 Å². The lowest BCUT2D eigenvalue weighted by molar-refractivity contribution is -0.182. The third-order valence-electron chi connectivity index (χ3n) is 6.88. The molecule has 1 saturated heterocycles. The molecule has 26 heavy (non-hydrogen) atoms. The maximum atomic E-state index is 12.1. The van der Waals surface area contributed by atoms with E-state index < -0.39 is 11.1 Å². The first kappa shape index (κ1) is 15.9. The molecule has 2 aromatic rings. The fourth-order valence-corrected chi connectivity index (χ4v) is 6.04. The van der Waals surface area contributed by atoms with Crippen LogP contribution in [0.15, 0.2) is 24.3 Å². The van der Waals surface area contributed by atoms with Crippen molar-refractivity contribution in [3.8, 4) is 6.07 Å². The zero-order chi connectivity index (χ0) is 17.9. The molecular weight excluding hydrogens is 326 g/mol. The Balaban J connectivity index is 1.81. The van der Waals surface area contributed by atoms with Crippen molar-refractivity contribution in [1.82, 2.24) is 9.88 Å². The van der Waals surface area contributed by atoms with Gasteiger partial charge in [0.15, 0.2) is 5.60 Å². The van der Waals surface area contributed by atoms with Gasteiger partial charge in [0.25, 0.3) is 0 Å². The van der Waals surface area contributed by atoms with Gasteiger partial charge < -0.3 is 9.72 Å². The molecule has 1 N–H and O–H groups in total. The van der Waals surface area contributed by atoms with Gasteiger partial charge in [-0.25, -0.2) is 0 Å². The minimum absolute atomic E-state index is 0.281. The van der Waals surface area contributed by atoms with Crippen molar-refractivity contribution in [2.75, 3.05) is 13.1 Å². The number of hydrogen-bond donors (Lipinski definition) is 1. The first-order chi connectivity index (χ1) is 12.6. The Morgan fingerprint density at radius 2 is 2.15 bits per heavy atom. The van der Waals surface area contributed by atoms with Crippen LogP contribution >= 0.6 is 0 Å². The maximum absolute atomic E-state index is 12.1. The van der Waals surface area contributed by atoms with Gasteiger partial charge in [0.1, 0.15) is 11.5 Å². The van der Waals surface area contributed by atoms with Gasteiger partial charge in [-0.15, -0.1) is 0 Å². The van der Waals surface area contributed by atoms with Crippen LogP contribution in [0.5, 0.6) is 0 Å². The topological polar surface area (TPSA) is 69.1 Å². The highest BCUT2D eigenvalue weighted by Crippen LogP contribution is 2.61. The molecule has 3 unspecified atom stereocenters. The number of ether oxygens (including phenoxy) is 1. The van der Waals surface area contributed by atoms with Crippen molar-refractivity contribution < 1.29 is 9.53 Å². The number of para-hydroxylation sites is 1. The molecular formula is C21H23N3O2. The van der Waals surface area contributed by atoms with Crippen LogP contribution in [0.3, 0.4) is 0 Å². The van der Waals surface area contributed by atoms with Crippen molar-refractivity contribution in [3.05, 3.63) is 35.5 Å². The smallest absolute Gasteiger partial charge is 0.303 e. The molecule has 134 valence electrons. The van der Waals surface area contributed by atoms with Gasteiger partial charge in [-0.3, -0.25) is 9.69 Å². The number of nitrogens with zero attached hydrogens (tertiary/aromatic N) is 2. The summed E-state index contributed by atoms with van der Waals surface area (Å²) in [7, 11) is 0. The largest absolute Gasteiger partial charge is 0.455 e. The molecule has 1 saturated carbocycles. The monoisotopic (exact) mass is 349 g/mol. The zero-order valence-electron chi connectivity index (χ0n) is 15.0. The van der Waals surface area contributed by atoms with Gasteiger partial charge in [0.05, 0.1) is 6.07 Å². The summed E-state index contributed by atoms with van der Waals surface area (Å²) in [4.78, 5) is 18.2. The predicted octanol–water partition coefficient (Wildman–Crippen LogP) is 3.25. The lowest BCUT2D eigenvalue weighted by atomic mass is 9.63. The molecule has 1 aromatic carbocycles. The Kier molecular flexibility index (Phi) is 3.27. The van der Waals surface area contributed by atoms with Gasteiger partial charge in [-0.2, -0.15) is 5.26 Å². The number of H-pyrrole nitrogens is 1. The summed E-state index contributed by atoms with van der Waals surface area (Å²) in [6.07, 6.45) is 4.74. The van der Waals surface area contributed by atoms with E-state index in [0.29, 0.717) is 6.54 Å². The molecule has 3 heterocycles. The molecule has 0 radical (unpaired) electrons. The Labute approximate surface area is 152 Å². The Morgan fingerprint density at radius 3 is 2.96 bits per heavy atom. The number of aromatic amines is 1. The number of carbonyl (C=O) groups excluding carboxylic acids is 1. The van der Waals surface area contributed by atoms with E-state index >= 15 is 0 Å². The highest BCUT2D eigenvalue weighted by molar-refractivity contribution is 5.85. The number of esters is 1. The van der Waals surface area contributed by atoms with E-state index in [9.17, 15) is 10.1 Å². The lowest BCUT2D eigenvalue weighted by Crippen LogP contribution is -2.62. The second-order valence-electron chi connectivity index (χ2n) is 7.95. The maximum Gasteiger partial charge on any atom is 0.303 e. The second kappa shape index (κ2) is 5.34. The van der Waals surface area contributed by atoms with Crippen molar-refractivity contribution >= 4 is 16.9 Å². The molecule has 2 aliphatic heterocycles. The van der Waals surface area contributed by atoms with Crippen LogP contribution in [0.25, 0.3) is 10.9 Å². The molecule has 2 fully saturated rings. The summed E-state index contributed by atoms with van der Waals surface area (Å²) >= 11 is 0. The van der Waals surface area contributed by atoms with Crippen LogP contribution in [-0.2, 0) is 21.5 Å². The van der Waals surface area contributed by atoms with Crippen LogP contribution in [0.1, 0.15) is 43.9 Å². The Morgan fingerprint density at radius 1 is 1.35 bits per heavy atom. The highest BCUT2D eigenvalue weighted by Gasteiger charge is 2.70. The van der Waals surface area contributed by atoms with Gasteiger partial charge in [-0.1, -0.05) is 24.6 Å². The summed E-state index contributed by atoms with van der Waals surface area (Å²) in [5.41, 5.74) is 2.51. The van der Waals surface area contributed by atoms with E-state index in [0.717, 1.165) is 44.2 Å². The van der Waals surface area contributed by atoms with Crippen LogP contribution in [-0.4, -0.2) is 34.5 Å². The van der Waals surface area contributed by atoms with E-state index in [1.807, 2.05) is 6.07 Å². The summed E-state index contributed by atoms with van der Waals surface area (Å²) in [6.45, 7) is 3.07. The summed E-state index contributed by atoms with van der Waals surface area (Å²) < 4.78 is 6.10. The van der Waals surface area contributed by atoms with Crippen LogP contribution in [0.4, 0.5) is 0 Å². The zero-order valence-corrected chi connectivity index (χ0v) is 15.0. The van der Waals surface area contributed by atoms with Crippen molar-refractivity contribution in [1.29, 1.82) is 5.26 Å². The highest BCUT2D eigenvalue weighted by atomic mass is 16.6. The van der Waals surface area contributed by atoms with E-state index in [-0.39, 0.29) is 11.9 Å². The molecule has 5 nitrogen and oxygen atoms in total. The normalized spacial score (nSPS) is 33.2. The third-order valence-corrected chi connectivity index (χ3v) is 6.88. The number of fused-ring (bicyclic) bond motifs is 3. The lowest BCUT2D eigenvalue weighted by Gasteiger charge is -2.53. The molecule has 1 spiro atoms. The molecule has 0 bridgehead atoms. The molecule has 5 heteroatoms. The summed E-state index contributed by atoms with van der Waals surface area (Å²) in [5.74, 6) is -0.569. The minimum Gasteiger partial charge on any atom is -0.455 e. The first-order valence-corrected chi connectivity index (χ1v) is 9.57. The van der Waals surface area contributed by atoms with Crippen molar-refractivity contribution in [3.63, 3.8) is 0 Å². The quantitative estimate of drug-likeness (QED) is 0.803. The van der Waals surface area contributed by atoms with Crippen molar-refractivity contribution in [2.24, 2.45) is 5.92 Å². The number of hydrogen-bond acceptors (Lipinski definition) is 4. The molecule has 5 rings (SSSR count). The third kappa shape index (κ3) is 1.76. The number of nitriles is 1. The summed E-state index contributed by atoms with van der Waals surface area (Å²) in [5, 5.41) is 11.2. The van der Waals surface area contributed by atoms with Crippen LogP contribution in [0, 0.1) is 17.2 Å². The van der Waals surface area contributed by atoms with Gasteiger partial charge >= 0.3 is 5.97 Å². The number of nitrogens with one attached hydrogen (secondary N) is 1. The minimum atomic E-state index is -0.748. The average Bonchev–Trinajstić information content (AvgIpc) is 3.14. The predicted molar refractivity (Wildman–Crippen MR) is 97.3 cm³/mol. The molecule has 0 amide bonds. The Hall–Kier alpha value is -2.32. The van der Waals surface area contributed by atoms with Crippen LogP contribution < -0.4 is 0 Å². The van der Waals surface area contributed by atoms with E-state index in [1.54, 1.807) is 0 Å². The van der Waals surface area contributed by atoms with Gasteiger partial charge in [-0.05, 0) is 37.3 Å². The van der Waals surface area contributed by atoms with Gasteiger partial charge in [0, 0.05) is 36.6 Å². The van der Waals surface area contributed by atoms with E-state index in [2.05, 4.69) is 34.2 Å². The molecule has 1 aromatic heterocycles.